The van der Waals surface area contributed by atoms with E-state index in [4.69, 9.17) is 9.47 Å². The number of hydrogen-bond donors (Lipinski definition) is 1. The van der Waals surface area contributed by atoms with Gasteiger partial charge in [0.2, 0.25) is 0 Å². The highest BCUT2D eigenvalue weighted by Gasteiger charge is 2.15. The van der Waals surface area contributed by atoms with Crippen LogP contribution in [-0.2, 0) is 4.74 Å². The lowest BCUT2D eigenvalue weighted by Crippen LogP contribution is -2.06. The third-order valence-corrected chi connectivity index (χ3v) is 3.54. The highest BCUT2D eigenvalue weighted by Crippen LogP contribution is 2.32. The summed E-state index contributed by atoms with van der Waals surface area (Å²) in [6, 6.07) is 13.0. The highest BCUT2D eigenvalue weighted by molar-refractivity contribution is 6.00. The molecular weight excluding hydrogens is 311 g/mol. The molecule has 5 nitrogen and oxygen atoms in total. The second-order valence-electron chi connectivity index (χ2n) is 5.03. The van der Waals surface area contributed by atoms with Crippen molar-refractivity contribution in [3.63, 3.8) is 0 Å². The van der Waals surface area contributed by atoms with Crippen LogP contribution in [0.25, 0.3) is 10.9 Å². The van der Waals surface area contributed by atoms with Crippen molar-refractivity contribution in [1.29, 1.82) is 0 Å². The molecular formula is C18H15FN2O3. The van der Waals surface area contributed by atoms with Gasteiger partial charge < -0.3 is 14.8 Å². The molecule has 0 unspecified atom stereocenters. The molecule has 0 fully saturated rings. The maximum Gasteiger partial charge on any atom is 0.356 e. The molecule has 3 aromatic rings. The van der Waals surface area contributed by atoms with Crippen molar-refractivity contribution in [1.82, 2.24) is 4.98 Å². The quantitative estimate of drug-likeness (QED) is 0.737. The van der Waals surface area contributed by atoms with Gasteiger partial charge in [-0.1, -0.05) is 12.1 Å². The molecule has 0 aliphatic heterocycles. The molecule has 0 aliphatic carbocycles. The van der Waals surface area contributed by atoms with Crippen LogP contribution in [0.2, 0.25) is 0 Å². The largest absolute Gasteiger partial charge is 0.494 e. The summed E-state index contributed by atoms with van der Waals surface area (Å²) in [5.74, 6) is -0.331. The first kappa shape index (κ1) is 15.7. The number of aromatic nitrogens is 1. The Morgan fingerprint density at radius 1 is 1.12 bits per heavy atom. The zero-order valence-corrected chi connectivity index (χ0v) is 13.2. The summed E-state index contributed by atoms with van der Waals surface area (Å²) >= 11 is 0. The van der Waals surface area contributed by atoms with Crippen molar-refractivity contribution in [3.8, 4) is 5.75 Å². The average Bonchev–Trinajstić information content (AvgIpc) is 2.62. The maximum absolute atomic E-state index is 13.1. The number of halogens is 1. The predicted molar refractivity (Wildman–Crippen MR) is 89.3 cm³/mol. The van der Waals surface area contributed by atoms with Gasteiger partial charge in [-0.05, 0) is 36.4 Å². The number of esters is 1. The van der Waals surface area contributed by atoms with Gasteiger partial charge in [-0.2, -0.15) is 0 Å². The van der Waals surface area contributed by atoms with Gasteiger partial charge in [0.1, 0.15) is 17.1 Å². The number of benzene rings is 2. The van der Waals surface area contributed by atoms with E-state index in [0.29, 0.717) is 22.6 Å². The summed E-state index contributed by atoms with van der Waals surface area (Å²) in [5.41, 5.74) is 2.01. The fraction of sp³-hybridized carbons (Fsp3) is 0.111. The van der Waals surface area contributed by atoms with Crippen LogP contribution in [0.15, 0.2) is 48.5 Å². The second kappa shape index (κ2) is 6.54. The summed E-state index contributed by atoms with van der Waals surface area (Å²) in [6.45, 7) is 0. The summed E-state index contributed by atoms with van der Waals surface area (Å²) in [7, 11) is 2.83. The number of para-hydroxylation sites is 1. The fourth-order valence-corrected chi connectivity index (χ4v) is 2.39. The molecule has 0 bridgehead atoms. The van der Waals surface area contributed by atoms with Crippen LogP contribution in [0.5, 0.6) is 5.75 Å². The molecule has 24 heavy (non-hydrogen) atoms. The van der Waals surface area contributed by atoms with Crippen LogP contribution < -0.4 is 10.1 Å². The lowest BCUT2D eigenvalue weighted by atomic mass is 10.1. The van der Waals surface area contributed by atoms with Gasteiger partial charge in [0.15, 0.2) is 5.69 Å². The van der Waals surface area contributed by atoms with Crippen LogP contribution in [0.4, 0.5) is 15.8 Å². The van der Waals surface area contributed by atoms with Crippen LogP contribution in [0.3, 0.4) is 0 Å². The number of nitrogens with zero attached hydrogens (tertiary/aromatic N) is 1. The Labute approximate surface area is 138 Å². The molecule has 122 valence electrons. The molecule has 0 saturated heterocycles. The Morgan fingerprint density at radius 3 is 2.54 bits per heavy atom. The van der Waals surface area contributed by atoms with Crippen molar-refractivity contribution in [3.05, 3.63) is 60.0 Å². The number of carbonyl (C=O) groups is 1. The summed E-state index contributed by atoms with van der Waals surface area (Å²) < 4.78 is 23.2. The van der Waals surface area contributed by atoms with Gasteiger partial charge in [-0.15, -0.1) is 0 Å². The lowest BCUT2D eigenvalue weighted by Gasteiger charge is -2.13. The molecule has 0 aliphatic rings. The Morgan fingerprint density at radius 2 is 1.88 bits per heavy atom. The number of fused-ring (bicyclic) bond motifs is 1. The van der Waals surface area contributed by atoms with E-state index in [2.05, 4.69) is 10.3 Å². The highest BCUT2D eigenvalue weighted by atomic mass is 19.1. The van der Waals surface area contributed by atoms with Gasteiger partial charge in [-0.25, -0.2) is 14.2 Å². The SMILES string of the molecule is COC(=O)c1cc(Nc2ccc(F)cc2)c2cccc(OC)c2n1. The number of nitrogens with one attached hydrogen (secondary N) is 1. The van der Waals surface area contributed by atoms with Gasteiger partial charge in [0.25, 0.3) is 0 Å². The number of pyridine rings is 1. The van der Waals surface area contributed by atoms with E-state index in [1.54, 1.807) is 24.3 Å². The van der Waals surface area contributed by atoms with E-state index in [9.17, 15) is 9.18 Å². The number of anilines is 2. The zero-order valence-electron chi connectivity index (χ0n) is 13.2. The lowest BCUT2D eigenvalue weighted by molar-refractivity contribution is 0.0594. The molecule has 0 radical (unpaired) electrons. The number of carbonyl (C=O) groups excluding carboxylic acids is 1. The molecule has 0 amide bonds. The first-order valence-electron chi connectivity index (χ1n) is 7.21. The molecule has 1 aromatic heterocycles. The topological polar surface area (TPSA) is 60.5 Å². The van der Waals surface area contributed by atoms with E-state index < -0.39 is 5.97 Å². The Hall–Kier alpha value is -3.15. The molecule has 0 atom stereocenters. The van der Waals surface area contributed by atoms with E-state index in [1.165, 1.54) is 26.4 Å². The molecule has 3 rings (SSSR count). The van der Waals surface area contributed by atoms with Crippen molar-refractivity contribution in [2.45, 2.75) is 0 Å². The molecule has 0 spiro atoms. The first-order valence-corrected chi connectivity index (χ1v) is 7.21. The molecule has 0 saturated carbocycles. The minimum Gasteiger partial charge on any atom is -0.494 e. The van der Waals surface area contributed by atoms with E-state index in [1.807, 2.05) is 12.1 Å². The van der Waals surface area contributed by atoms with Crippen LogP contribution in [0.1, 0.15) is 10.5 Å². The Balaban J connectivity index is 2.16. The third-order valence-electron chi connectivity index (χ3n) is 3.54. The Kier molecular flexibility index (Phi) is 4.29. The molecule has 1 N–H and O–H groups in total. The summed E-state index contributed by atoms with van der Waals surface area (Å²) in [6.07, 6.45) is 0. The molecule has 6 heteroatoms. The first-order chi connectivity index (χ1) is 11.6. The van der Waals surface area contributed by atoms with Crippen molar-refractivity contribution in [2.75, 3.05) is 19.5 Å². The van der Waals surface area contributed by atoms with E-state index in [0.717, 1.165) is 5.39 Å². The molecule has 1 heterocycles. The Bertz CT molecular complexity index is 895. The normalized spacial score (nSPS) is 10.5. The van der Waals surface area contributed by atoms with E-state index >= 15 is 0 Å². The minimum atomic E-state index is -0.551. The van der Waals surface area contributed by atoms with Gasteiger partial charge >= 0.3 is 5.97 Å². The number of ether oxygens (including phenoxy) is 2. The second-order valence-corrected chi connectivity index (χ2v) is 5.03. The number of methoxy groups -OCH3 is 2. The monoisotopic (exact) mass is 326 g/mol. The average molecular weight is 326 g/mol. The van der Waals surface area contributed by atoms with Crippen LogP contribution in [0, 0.1) is 5.82 Å². The predicted octanol–water partition coefficient (Wildman–Crippen LogP) is 3.91. The van der Waals surface area contributed by atoms with Crippen molar-refractivity contribution < 1.29 is 18.7 Å². The smallest absolute Gasteiger partial charge is 0.356 e. The van der Waals surface area contributed by atoms with E-state index in [-0.39, 0.29) is 11.5 Å². The minimum absolute atomic E-state index is 0.152. The zero-order chi connectivity index (χ0) is 17.1. The van der Waals surface area contributed by atoms with Crippen LogP contribution >= 0.6 is 0 Å². The third kappa shape index (κ3) is 2.99. The van der Waals surface area contributed by atoms with Crippen LogP contribution in [-0.4, -0.2) is 25.2 Å². The number of rotatable bonds is 4. The van der Waals surface area contributed by atoms with Gasteiger partial charge in [0, 0.05) is 11.1 Å². The standard InChI is InChI=1S/C18H15FN2O3/c1-23-16-5-3-4-13-14(20-12-8-6-11(19)7-9-12)10-15(18(22)24-2)21-17(13)16/h3-10H,1-2H3,(H,20,21). The molecule has 2 aromatic carbocycles. The van der Waals surface area contributed by atoms with Gasteiger partial charge in [0.05, 0.1) is 19.9 Å². The van der Waals surface area contributed by atoms with Crippen molar-refractivity contribution >= 4 is 28.2 Å². The van der Waals surface area contributed by atoms with Gasteiger partial charge in [-0.3, -0.25) is 0 Å². The maximum atomic E-state index is 13.1. The fourth-order valence-electron chi connectivity index (χ4n) is 2.39. The summed E-state index contributed by atoms with van der Waals surface area (Å²) in [4.78, 5) is 16.2. The number of hydrogen-bond acceptors (Lipinski definition) is 5. The summed E-state index contributed by atoms with van der Waals surface area (Å²) in [5, 5.41) is 3.94. The van der Waals surface area contributed by atoms with Crippen molar-refractivity contribution in [2.24, 2.45) is 0 Å².